The summed E-state index contributed by atoms with van der Waals surface area (Å²) in [6.07, 6.45) is 13.4. The van der Waals surface area contributed by atoms with Crippen LogP contribution in [0.4, 0.5) is 5.69 Å². The molecule has 4 aliphatic rings. The fourth-order valence-electron chi connectivity index (χ4n) is 8.10. The molecule has 0 bridgehead atoms. The first-order valence-electron chi connectivity index (χ1n) is 12.2. The monoisotopic (exact) mass is 424 g/mol. The topological polar surface area (TPSA) is 62.7 Å². The molecule has 1 aliphatic heterocycles. The predicted molar refractivity (Wildman–Crippen MR) is 118 cm³/mol. The minimum absolute atomic E-state index is 0.0563. The molecule has 6 nitrogen and oxygen atoms in total. The SMILES string of the molecule is [C-]#[N+]c1cnn(CC(=O)N2CCCC3C4CC[C@@H]5C[C@](C)(O)CC[C@@H]5C4CC[C@@]32C)c1. The van der Waals surface area contributed by atoms with E-state index in [1.54, 1.807) is 10.9 Å². The van der Waals surface area contributed by atoms with Gasteiger partial charge in [-0.2, -0.15) is 5.10 Å². The van der Waals surface area contributed by atoms with Gasteiger partial charge in [-0.3, -0.25) is 9.48 Å². The predicted octanol–water partition coefficient (Wildman–Crippen LogP) is 4.42. The quantitative estimate of drug-likeness (QED) is 0.715. The van der Waals surface area contributed by atoms with Gasteiger partial charge in [0.05, 0.1) is 18.4 Å². The van der Waals surface area contributed by atoms with Gasteiger partial charge in [0.2, 0.25) is 11.6 Å². The van der Waals surface area contributed by atoms with E-state index in [2.05, 4.69) is 21.8 Å². The van der Waals surface area contributed by atoms with Gasteiger partial charge in [0.15, 0.2) is 0 Å². The van der Waals surface area contributed by atoms with Crippen molar-refractivity contribution in [2.45, 2.75) is 89.3 Å². The lowest BCUT2D eigenvalue weighted by Gasteiger charge is -2.61. The maximum Gasteiger partial charge on any atom is 0.244 e. The van der Waals surface area contributed by atoms with Crippen LogP contribution in [0, 0.1) is 36.2 Å². The molecule has 7 atom stereocenters. The highest BCUT2D eigenvalue weighted by atomic mass is 16.3. The Morgan fingerprint density at radius 1 is 1.19 bits per heavy atom. The molecular weight excluding hydrogens is 388 g/mol. The molecule has 0 spiro atoms. The molecule has 3 unspecified atom stereocenters. The molecule has 1 saturated heterocycles. The number of amides is 1. The summed E-state index contributed by atoms with van der Waals surface area (Å²) in [7, 11) is 0. The van der Waals surface area contributed by atoms with E-state index in [1.807, 2.05) is 6.92 Å². The minimum atomic E-state index is -0.467. The summed E-state index contributed by atoms with van der Waals surface area (Å²) >= 11 is 0. The number of hydrogen-bond donors (Lipinski definition) is 1. The first-order chi connectivity index (χ1) is 14.8. The zero-order chi connectivity index (χ0) is 21.8. The Balaban J connectivity index is 1.33. The molecule has 0 aromatic carbocycles. The highest BCUT2D eigenvalue weighted by Crippen LogP contribution is 2.59. The Bertz CT molecular complexity index is 886. The van der Waals surface area contributed by atoms with Gasteiger partial charge >= 0.3 is 0 Å². The van der Waals surface area contributed by atoms with Crippen LogP contribution in [0.3, 0.4) is 0 Å². The van der Waals surface area contributed by atoms with Crippen molar-refractivity contribution in [3.63, 3.8) is 0 Å². The van der Waals surface area contributed by atoms with Crippen LogP contribution < -0.4 is 0 Å². The Morgan fingerprint density at radius 2 is 2.00 bits per heavy atom. The lowest BCUT2D eigenvalue weighted by molar-refractivity contribution is -0.158. The number of aliphatic hydroxyl groups is 1. The summed E-state index contributed by atoms with van der Waals surface area (Å²) in [5.74, 6) is 3.68. The van der Waals surface area contributed by atoms with Crippen molar-refractivity contribution in [3.8, 4) is 0 Å². The fraction of sp³-hybridized carbons (Fsp3) is 0.800. The second-order valence-electron chi connectivity index (χ2n) is 11.3. The molecule has 1 amide bonds. The van der Waals surface area contributed by atoms with Crippen molar-refractivity contribution in [2.75, 3.05) is 6.54 Å². The molecule has 5 rings (SSSR count). The Labute approximate surface area is 185 Å². The Kier molecular flexibility index (Phi) is 5.16. The number of hydrogen-bond acceptors (Lipinski definition) is 3. The molecule has 0 radical (unpaired) electrons. The molecule has 31 heavy (non-hydrogen) atoms. The number of carbonyl (C=O) groups is 1. The van der Waals surface area contributed by atoms with Crippen molar-refractivity contribution in [1.29, 1.82) is 0 Å². The average Bonchev–Trinajstić information content (AvgIpc) is 3.19. The summed E-state index contributed by atoms with van der Waals surface area (Å²) in [4.78, 5) is 18.9. The van der Waals surface area contributed by atoms with Gasteiger partial charge in [0.1, 0.15) is 6.54 Å². The minimum Gasteiger partial charge on any atom is -0.390 e. The van der Waals surface area contributed by atoms with Crippen LogP contribution in [-0.2, 0) is 11.3 Å². The molecule has 1 N–H and O–H groups in total. The largest absolute Gasteiger partial charge is 0.390 e. The molecule has 3 saturated carbocycles. The summed E-state index contributed by atoms with van der Waals surface area (Å²) in [5.41, 5.74) is -0.0383. The van der Waals surface area contributed by atoms with Gasteiger partial charge < -0.3 is 10.0 Å². The lowest BCUT2D eigenvalue weighted by atomic mass is 9.49. The third-order valence-electron chi connectivity index (χ3n) is 9.45. The summed E-state index contributed by atoms with van der Waals surface area (Å²) < 4.78 is 1.62. The van der Waals surface area contributed by atoms with Gasteiger partial charge in [-0.25, -0.2) is 4.85 Å². The summed E-state index contributed by atoms with van der Waals surface area (Å²) in [6.45, 7) is 12.6. The van der Waals surface area contributed by atoms with E-state index < -0.39 is 5.60 Å². The van der Waals surface area contributed by atoms with Crippen molar-refractivity contribution in [3.05, 3.63) is 23.8 Å². The molecule has 1 aromatic rings. The molecule has 1 aromatic heterocycles. The number of carbonyl (C=O) groups excluding carboxylic acids is 1. The number of piperidine rings is 1. The van der Waals surface area contributed by atoms with Gasteiger partial charge in [-0.05, 0) is 101 Å². The first kappa shape index (κ1) is 21.0. The number of rotatable bonds is 2. The van der Waals surface area contributed by atoms with Crippen LogP contribution in [0.5, 0.6) is 0 Å². The van der Waals surface area contributed by atoms with Crippen LogP contribution in [0.25, 0.3) is 4.85 Å². The van der Waals surface area contributed by atoms with E-state index >= 15 is 0 Å². The van der Waals surface area contributed by atoms with E-state index in [4.69, 9.17) is 6.57 Å². The first-order valence-corrected chi connectivity index (χ1v) is 12.2. The van der Waals surface area contributed by atoms with Crippen molar-refractivity contribution < 1.29 is 9.90 Å². The van der Waals surface area contributed by atoms with Crippen molar-refractivity contribution in [2.24, 2.45) is 29.6 Å². The second-order valence-corrected chi connectivity index (χ2v) is 11.3. The zero-order valence-corrected chi connectivity index (χ0v) is 19.0. The smallest absolute Gasteiger partial charge is 0.244 e. The van der Waals surface area contributed by atoms with Crippen LogP contribution in [0.1, 0.15) is 71.6 Å². The second kappa shape index (κ2) is 7.62. The van der Waals surface area contributed by atoms with Crippen molar-refractivity contribution in [1.82, 2.24) is 14.7 Å². The maximum atomic E-state index is 13.3. The van der Waals surface area contributed by atoms with Crippen LogP contribution in [0.15, 0.2) is 12.4 Å². The Hall–Kier alpha value is -1.87. The highest BCUT2D eigenvalue weighted by Gasteiger charge is 2.56. The molecular formula is C25H36N4O2. The molecule has 2 heterocycles. The van der Waals surface area contributed by atoms with Gasteiger partial charge in [0, 0.05) is 18.3 Å². The zero-order valence-electron chi connectivity index (χ0n) is 19.0. The third kappa shape index (κ3) is 3.59. The molecule has 4 fully saturated rings. The maximum absolute atomic E-state index is 13.3. The number of nitrogens with zero attached hydrogens (tertiary/aromatic N) is 4. The summed E-state index contributed by atoms with van der Waals surface area (Å²) in [6, 6.07) is 0. The fourth-order valence-corrected chi connectivity index (χ4v) is 8.10. The van der Waals surface area contributed by atoms with Crippen LogP contribution in [-0.4, -0.2) is 43.4 Å². The van der Waals surface area contributed by atoms with E-state index in [-0.39, 0.29) is 18.0 Å². The van der Waals surface area contributed by atoms with Gasteiger partial charge in [0.25, 0.3) is 0 Å². The average molecular weight is 425 g/mol. The van der Waals surface area contributed by atoms with Crippen LogP contribution >= 0.6 is 0 Å². The van der Waals surface area contributed by atoms with E-state index in [9.17, 15) is 9.90 Å². The van der Waals surface area contributed by atoms with E-state index in [0.717, 1.165) is 50.0 Å². The number of aromatic nitrogens is 2. The number of fused-ring (bicyclic) bond motifs is 5. The normalized spacial score (nSPS) is 42.1. The van der Waals surface area contributed by atoms with Gasteiger partial charge in [-0.15, -0.1) is 0 Å². The number of likely N-dealkylation sites (tertiary alicyclic amines) is 1. The Morgan fingerprint density at radius 3 is 2.77 bits per heavy atom. The van der Waals surface area contributed by atoms with E-state index in [0.29, 0.717) is 17.5 Å². The van der Waals surface area contributed by atoms with Crippen molar-refractivity contribution >= 4 is 11.6 Å². The van der Waals surface area contributed by atoms with Crippen LogP contribution in [0.2, 0.25) is 0 Å². The standard InChI is InChI=1S/C25H36N4O2/c1-24(31)10-8-19-17(13-24)6-7-21-20(19)9-11-25(2)22(21)5-4-12-29(25)23(30)16-28-15-18(26-3)14-27-28/h14-15,17,19-22,31H,4-13,16H2,1-2H3/t17-,19+,20?,21?,22?,24-,25+/m1/s1. The lowest BCUT2D eigenvalue weighted by Crippen LogP contribution is -2.64. The van der Waals surface area contributed by atoms with Gasteiger partial charge in [-0.1, -0.05) is 0 Å². The highest BCUT2D eigenvalue weighted by molar-refractivity contribution is 5.77. The third-order valence-corrected chi connectivity index (χ3v) is 9.45. The van der Waals surface area contributed by atoms with E-state index in [1.165, 1.54) is 38.3 Å². The molecule has 168 valence electrons. The molecule has 6 heteroatoms. The summed E-state index contributed by atoms with van der Waals surface area (Å²) in [5, 5.41) is 14.8. The molecule has 3 aliphatic carbocycles.